The second-order valence-corrected chi connectivity index (χ2v) is 16.4. The van der Waals surface area contributed by atoms with Gasteiger partial charge in [0.05, 0.1) is 16.8 Å². The molecule has 0 fully saturated rings. The standard InChI is InChI=1S/C56H38N2O/c1-55(2)44-28-16-15-26-42(44)49-43(48-33-37(35-18-7-3-8-19-35)32-47(58-48)36-20-9-4-10-21-36)34-46-50(52(49)55)51-45(30-29-40-41-27-17-31-57-54(41)59-53(40)51)56(46,38-22-11-5-12-23-38)39-24-13-6-14-25-39/h3-34H,1-2H3. The SMILES string of the molecule is CC1(C)c2ccccc2-c2c(-c3cc(-c4ccccc4)cc(-c4ccccc4)n3)cc3c(c21)-c1c(ccc2c1oc1ncccc12)C3(c1ccccc1)c1ccccc1. The molecule has 0 radical (unpaired) electrons. The highest BCUT2D eigenvalue weighted by Crippen LogP contribution is 2.65. The Hall–Kier alpha value is -7.36. The van der Waals surface area contributed by atoms with Crippen molar-refractivity contribution in [3.63, 3.8) is 0 Å². The highest BCUT2D eigenvalue weighted by atomic mass is 16.3. The van der Waals surface area contributed by atoms with Crippen molar-refractivity contribution in [2.45, 2.75) is 24.7 Å². The molecule has 3 aromatic heterocycles. The molecule has 3 nitrogen and oxygen atoms in total. The lowest BCUT2D eigenvalue weighted by molar-refractivity contribution is 0.652. The Balaban J connectivity index is 1.30. The van der Waals surface area contributed by atoms with Gasteiger partial charge in [0.25, 0.3) is 0 Å². The van der Waals surface area contributed by atoms with E-state index in [1.54, 1.807) is 0 Å². The highest BCUT2D eigenvalue weighted by molar-refractivity contribution is 6.14. The fourth-order valence-corrected chi connectivity index (χ4v) is 10.5. The zero-order valence-corrected chi connectivity index (χ0v) is 32.8. The van der Waals surface area contributed by atoms with E-state index in [0.717, 1.165) is 55.6 Å². The van der Waals surface area contributed by atoms with Gasteiger partial charge < -0.3 is 4.42 Å². The third-order valence-corrected chi connectivity index (χ3v) is 13.0. The number of fused-ring (bicyclic) bond motifs is 11. The summed E-state index contributed by atoms with van der Waals surface area (Å²) < 4.78 is 6.94. The molecule has 0 spiro atoms. The van der Waals surface area contributed by atoms with Crippen molar-refractivity contribution < 1.29 is 4.42 Å². The van der Waals surface area contributed by atoms with E-state index in [-0.39, 0.29) is 5.41 Å². The monoisotopic (exact) mass is 754 g/mol. The third kappa shape index (κ3) is 4.70. The van der Waals surface area contributed by atoms with Gasteiger partial charge in [-0.25, -0.2) is 9.97 Å². The van der Waals surface area contributed by atoms with E-state index in [4.69, 9.17) is 14.4 Å². The molecule has 0 unspecified atom stereocenters. The van der Waals surface area contributed by atoms with Crippen LogP contribution >= 0.6 is 0 Å². The number of rotatable bonds is 5. The van der Waals surface area contributed by atoms with Gasteiger partial charge in [-0.05, 0) is 91.5 Å². The maximum Gasteiger partial charge on any atom is 0.227 e. The van der Waals surface area contributed by atoms with Crippen molar-refractivity contribution in [2.24, 2.45) is 0 Å². The van der Waals surface area contributed by atoms with Gasteiger partial charge in [-0.2, -0.15) is 0 Å². The lowest BCUT2D eigenvalue weighted by atomic mass is 9.66. The molecule has 2 aliphatic rings. The van der Waals surface area contributed by atoms with Gasteiger partial charge in [-0.1, -0.05) is 172 Å². The van der Waals surface area contributed by atoms with Crippen LogP contribution in [0.3, 0.4) is 0 Å². The van der Waals surface area contributed by atoms with Crippen LogP contribution in [0.15, 0.2) is 199 Å². The second-order valence-electron chi connectivity index (χ2n) is 16.4. The minimum atomic E-state index is -0.679. The Bertz CT molecular complexity index is 3180. The Labute approximate surface area is 343 Å². The first-order valence-corrected chi connectivity index (χ1v) is 20.4. The number of aromatic nitrogens is 2. The molecule has 59 heavy (non-hydrogen) atoms. The zero-order chi connectivity index (χ0) is 39.3. The molecule has 0 atom stereocenters. The van der Waals surface area contributed by atoms with Gasteiger partial charge in [-0.15, -0.1) is 0 Å². The van der Waals surface area contributed by atoms with Crippen molar-refractivity contribution in [3.8, 4) is 55.9 Å². The van der Waals surface area contributed by atoms with Crippen LogP contribution in [0.25, 0.3) is 78.0 Å². The average molecular weight is 755 g/mol. The van der Waals surface area contributed by atoms with Crippen LogP contribution < -0.4 is 0 Å². The first kappa shape index (κ1) is 33.7. The molecule has 10 aromatic rings. The topological polar surface area (TPSA) is 38.9 Å². The molecule has 0 N–H and O–H groups in total. The van der Waals surface area contributed by atoms with E-state index in [2.05, 4.69) is 196 Å². The summed E-state index contributed by atoms with van der Waals surface area (Å²) in [6.45, 7) is 4.80. The number of hydrogen-bond acceptors (Lipinski definition) is 3. The van der Waals surface area contributed by atoms with Crippen molar-refractivity contribution in [2.75, 3.05) is 0 Å². The van der Waals surface area contributed by atoms with Gasteiger partial charge in [-0.3, -0.25) is 0 Å². The molecule has 3 heterocycles. The quantitative estimate of drug-likeness (QED) is 0.176. The van der Waals surface area contributed by atoms with Crippen LogP contribution in [0, 0.1) is 0 Å². The fourth-order valence-electron chi connectivity index (χ4n) is 10.5. The number of hydrogen-bond donors (Lipinski definition) is 0. The van der Waals surface area contributed by atoms with Crippen LogP contribution in [0.1, 0.15) is 47.2 Å². The number of nitrogens with zero attached hydrogens (tertiary/aromatic N) is 2. The molecular weight excluding hydrogens is 717 g/mol. The lowest BCUT2D eigenvalue weighted by Gasteiger charge is -2.35. The zero-order valence-electron chi connectivity index (χ0n) is 32.8. The minimum Gasteiger partial charge on any atom is -0.437 e. The summed E-state index contributed by atoms with van der Waals surface area (Å²) in [6, 6.07) is 68.1. The summed E-state index contributed by atoms with van der Waals surface area (Å²) >= 11 is 0. The molecular formula is C56H38N2O. The number of pyridine rings is 2. The smallest absolute Gasteiger partial charge is 0.227 e. The van der Waals surface area contributed by atoms with E-state index in [0.29, 0.717) is 5.71 Å². The molecule has 7 aromatic carbocycles. The van der Waals surface area contributed by atoms with Gasteiger partial charge in [0.2, 0.25) is 5.71 Å². The third-order valence-electron chi connectivity index (χ3n) is 13.0. The van der Waals surface area contributed by atoms with Crippen molar-refractivity contribution in [1.82, 2.24) is 9.97 Å². The van der Waals surface area contributed by atoms with E-state index in [1.807, 2.05) is 12.3 Å². The van der Waals surface area contributed by atoms with Crippen molar-refractivity contribution in [3.05, 3.63) is 228 Å². The molecule has 2 aliphatic carbocycles. The fraction of sp³-hybridized carbons (Fsp3) is 0.0714. The predicted molar refractivity (Wildman–Crippen MR) is 240 cm³/mol. The Morgan fingerprint density at radius 1 is 0.441 bits per heavy atom. The first-order chi connectivity index (χ1) is 29.0. The van der Waals surface area contributed by atoms with Crippen molar-refractivity contribution in [1.29, 1.82) is 0 Å². The van der Waals surface area contributed by atoms with Crippen molar-refractivity contribution >= 4 is 22.1 Å². The summed E-state index contributed by atoms with van der Waals surface area (Å²) in [6.07, 6.45) is 1.82. The molecule has 0 aliphatic heterocycles. The Morgan fingerprint density at radius 3 is 1.78 bits per heavy atom. The van der Waals surface area contributed by atoms with Crippen LogP contribution in [-0.4, -0.2) is 9.97 Å². The molecule has 0 saturated heterocycles. The summed E-state index contributed by atoms with van der Waals surface area (Å²) in [7, 11) is 0. The summed E-state index contributed by atoms with van der Waals surface area (Å²) in [4.78, 5) is 10.3. The first-order valence-electron chi connectivity index (χ1n) is 20.4. The number of benzene rings is 7. The molecule has 0 bridgehead atoms. The normalized spacial score (nSPS) is 14.2. The van der Waals surface area contributed by atoms with Gasteiger partial charge in [0.1, 0.15) is 5.58 Å². The molecule has 3 heteroatoms. The summed E-state index contributed by atoms with van der Waals surface area (Å²) in [5.74, 6) is 0. The van der Waals surface area contributed by atoms with E-state index >= 15 is 0 Å². The second kappa shape index (κ2) is 12.6. The van der Waals surface area contributed by atoms with E-state index < -0.39 is 5.41 Å². The average Bonchev–Trinajstić information content (AvgIpc) is 3.91. The van der Waals surface area contributed by atoms with E-state index in [9.17, 15) is 0 Å². The maximum atomic E-state index is 6.94. The molecule has 278 valence electrons. The number of furan rings is 1. The minimum absolute atomic E-state index is 0.363. The van der Waals surface area contributed by atoms with Crippen LogP contribution in [-0.2, 0) is 10.8 Å². The molecule has 0 amide bonds. The van der Waals surface area contributed by atoms with Gasteiger partial charge in [0, 0.05) is 39.1 Å². The molecule has 0 saturated carbocycles. The van der Waals surface area contributed by atoms with Crippen LogP contribution in [0.4, 0.5) is 0 Å². The summed E-state index contributed by atoms with van der Waals surface area (Å²) in [5, 5.41) is 2.10. The Kier molecular flexibility index (Phi) is 7.19. The van der Waals surface area contributed by atoms with Crippen LogP contribution in [0.2, 0.25) is 0 Å². The van der Waals surface area contributed by atoms with Crippen LogP contribution in [0.5, 0.6) is 0 Å². The van der Waals surface area contributed by atoms with Gasteiger partial charge in [0.15, 0.2) is 0 Å². The highest BCUT2D eigenvalue weighted by Gasteiger charge is 2.52. The largest absolute Gasteiger partial charge is 0.437 e. The predicted octanol–water partition coefficient (Wildman–Crippen LogP) is 14.0. The van der Waals surface area contributed by atoms with Gasteiger partial charge >= 0.3 is 0 Å². The Morgan fingerprint density at radius 2 is 1.07 bits per heavy atom. The molecule has 12 rings (SSSR count). The summed E-state index contributed by atoms with van der Waals surface area (Å²) in [5.41, 5.74) is 19.2. The maximum absolute atomic E-state index is 6.94. The van der Waals surface area contributed by atoms with E-state index in [1.165, 1.54) is 50.1 Å². The lowest BCUT2D eigenvalue weighted by Crippen LogP contribution is -2.29.